The molecule has 2 aromatic rings. The molecule has 0 radical (unpaired) electrons. The van der Waals surface area contributed by atoms with Crippen molar-refractivity contribution < 1.29 is 23.3 Å². The van der Waals surface area contributed by atoms with E-state index in [0.29, 0.717) is 5.56 Å². The van der Waals surface area contributed by atoms with E-state index >= 15 is 0 Å². The van der Waals surface area contributed by atoms with Crippen LogP contribution in [0.3, 0.4) is 0 Å². The largest absolute Gasteiger partial charge is 1.00 e. The van der Waals surface area contributed by atoms with Crippen molar-refractivity contribution in [1.29, 1.82) is 0 Å². The van der Waals surface area contributed by atoms with Crippen LogP contribution in [0.4, 0.5) is 4.39 Å². The zero-order valence-corrected chi connectivity index (χ0v) is 8.00. The molecule has 0 spiro atoms. The van der Waals surface area contributed by atoms with E-state index in [0.717, 1.165) is 5.56 Å². The van der Waals surface area contributed by atoms with Crippen LogP contribution >= 0.6 is 0 Å². The van der Waals surface area contributed by atoms with E-state index in [1.165, 1.54) is 6.07 Å². The fraction of sp³-hybridized carbons (Fsp3) is 0. The Morgan fingerprint density at radius 2 is 1.64 bits per heavy atom. The molecule has 0 saturated carbocycles. The Kier molecular flexibility index (Phi) is 3.94. The first-order valence-electron chi connectivity index (χ1n) is 4.09. The summed E-state index contributed by atoms with van der Waals surface area (Å²) in [4.78, 5) is 0. The molecule has 0 aliphatic carbocycles. The molecule has 0 nitrogen and oxygen atoms in total. The first-order valence-corrected chi connectivity index (χ1v) is 4.09. The molecule has 0 N–H and O–H groups in total. The summed E-state index contributed by atoms with van der Waals surface area (Å²) in [5, 5.41) is 0. The smallest absolute Gasteiger partial charge is 0.217 e. The topological polar surface area (TPSA) is 0 Å². The van der Waals surface area contributed by atoms with E-state index < -0.39 is 0 Å². The molecular formula is C12H8FLi. The fourth-order valence-corrected chi connectivity index (χ4v) is 1.24. The SMILES string of the molecule is Fc1ccccc1-c1[c-]cccc1.[Li+]. The minimum atomic E-state index is -0.204. The summed E-state index contributed by atoms with van der Waals surface area (Å²) in [5.74, 6) is -0.204. The Hall–Kier alpha value is -1.03. The van der Waals surface area contributed by atoms with Gasteiger partial charge < -0.3 is 0 Å². The summed E-state index contributed by atoms with van der Waals surface area (Å²) in [6.07, 6.45) is 0. The van der Waals surface area contributed by atoms with Crippen LogP contribution in [0.15, 0.2) is 48.5 Å². The Labute approximate surface area is 95.0 Å². The summed E-state index contributed by atoms with van der Waals surface area (Å²) < 4.78 is 13.3. The molecule has 0 saturated heterocycles. The van der Waals surface area contributed by atoms with Gasteiger partial charge in [-0.2, -0.15) is 0 Å². The van der Waals surface area contributed by atoms with Gasteiger partial charge >= 0.3 is 18.9 Å². The Morgan fingerprint density at radius 3 is 2.29 bits per heavy atom. The number of hydrogen-bond acceptors (Lipinski definition) is 0. The average Bonchev–Trinajstić information content (AvgIpc) is 2.20. The average molecular weight is 178 g/mol. The van der Waals surface area contributed by atoms with Crippen molar-refractivity contribution in [2.75, 3.05) is 0 Å². The third-order valence-corrected chi connectivity index (χ3v) is 1.87. The predicted octanol–water partition coefficient (Wildman–Crippen LogP) is 0.297. The molecule has 2 aromatic carbocycles. The van der Waals surface area contributed by atoms with Crippen LogP contribution in [0.5, 0.6) is 0 Å². The van der Waals surface area contributed by atoms with Gasteiger partial charge in [0.2, 0.25) is 0 Å². The number of hydrogen-bond donors (Lipinski definition) is 0. The van der Waals surface area contributed by atoms with Gasteiger partial charge in [0.25, 0.3) is 0 Å². The van der Waals surface area contributed by atoms with Crippen molar-refractivity contribution >= 4 is 0 Å². The van der Waals surface area contributed by atoms with Crippen LogP contribution in [0, 0.1) is 11.9 Å². The second-order valence-electron chi connectivity index (χ2n) is 2.76. The van der Waals surface area contributed by atoms with Crippen molar-refractivity contribution in [2.45, 2.75) is 0 Å². The minimum absolute atomic E-state index is 0. The van der Waals surface area contributed by atoms with Crippen LogP contribution in [0.2, 0.25) is 0 Å². The zero-order valence-electron chi connectivity index (χ0n) is 8.00. The van der Waals surface area contributed by atoms with Gasteiger partial charge in [-0.3, -0.25) is 0 Å². The molecule has 0 bridgehead atoms. The van der Waals surface area contributed by atoms with E-state index in [1.54, 1.807) is 18.2 Å². The Balaban J connectivity index is 0.000000980. The molecule has 0 unspecified atom stereocenters. The van der Waals surface area contributed by atoms with Crippen LogP contribution in [-0.2, 0) is 0 Å². The molecule has 0 aliphatic rings. The van der Waals surface area contributed by atoms with Crippen LogP contribution in [-0.4, -0.2) is 0 Å². The normalized spacial score (nSPS) is 9.21. The van der Waals surface area contributed by atoms with E-state index in [2.05, 4.69) is 6.07 Å². The first kappa shape index (κ1) is 11.0. The Morgan fingerprint density at radius 1 is 0.929 bits per heavy atom. The summed E-state index contributed by atoms with van der Waals surface area (Å²) in [6, 6.07) is 17.1. The minimum Gasteiger partial charge on any atom is -0.217 e. The van der Waals surface area contributed by atoms with Crippen molar-refractivity contribution in [3.05, 3.63) is 60.4 Å². The van der Waals surface area contributed by atoms with Gasteiger partial charge in [0.15, 0.2) is 0 Å². The van der Waals surface area contributed by atoms with E-state index in [4.69, 9.17) is 0 Å². The molecule has 2 heteroatoms. The van der Waals surface area contributed by atoms with Crippen LogP contribution in [0.1, 0.15) is 0 Å². The van der Waals surface area contributed by atoms with E-state index in [9.17, 15) is 4.39 Å². The molecule has 0 aromatic heterocycles. The summed E-state index contributed by atoms with van der Waals surface area (Å²) in [7, 11) is 0. The molecule has 14 heavy (non-hydrogen) atoms. The van der Waals surface area contributed by atoms with Crippen molar-refractivity contribution in [3.63, 3.8) is 0 Å². The van der Waals surface area contributed by atoms with Gasteiger partial charge in [-0.15, -0.1) is 35.9 Å². The molecule has 0 atom stereocenters. The van der Waals surface area contributed by atoms with Crippen LogP contribution < -0.4 is 18.9 Å². The molecule has 0 amide bonds. The standard InChI is InChI=1S/C12H8F.Li/c13-12-9-5-4-8-11(12)10-6-2-1-3-7-10;/h1-6,8-9H;/q-1;+1. The maximum absolute atomic E-state index is 13.3. The summed E-state index contributed by atoms with van der Waals surface area (Å²) >= 11 is 0. The van der Waals surface area contributed by atoms with E-state index in [-0.39, 0.29) is 24.7 Å². The van der Waals surface area contributed by atoms with Crippen molar-refractivity contribution in [1.82, 2.24) is 0 Å². The zero-order chi connectivity index (χ0) is 9.10. The predicted molar refractivity (Wildman–Crippen MR) is 50.7 cm³/mol. The fourth-order valence-electron chi connectivity index (χ4n) is 1.24. The molecule has 64 valence electrons. The molecule has 0 fully saturated rings. The maximum atomic E-state index is 13.3. The third kappa shape index (κ3) is 2.26. The number of benzene rings is 2. The van der Waals surface area contributed by atoms with E-state index in [1.807, 2.05) is 24.3 Å². The third-order valence-electron chi connectivity index (χ3n) is 1.87. The van der Waals surface area contributed by atoms with Gasteiger partial charge in [0.05, 0.1) is 5.82 Å². The second kappa shape index (κ2) is 5.00. The quantitative estimate of drug-likeness (QED) is 0.435. The number of rotatable bonds is 1. The van der Waals surface area contributed by atoms with Crippen molar-refractivity contribution in [3.8, 4) is 11.1 Å². The number of halogens is 1. The maximum Gasteiger partial charge on any atom is 1.00 e. The Bertz CT molecular complexity index is 398. The van der Waals surface area contributed by atoms with Gasteiger partial charge in [0.1, 0.15) is 0 Å². The van der Waals surface area contributed by atoms with Crippen LogP contribution in [0.25, 0.3) is 11.1 Å². The molecular weight excluding hydrogens is 170 g/mol. The monoisotopic (exact) mass is 178 g/mol. The first-order chi connectivity index (χ1) is 6.38. The van der Waals surface area contributed by atoms with Crippen molar-refractivity contribution in [2.24, 2.45) is 0 Å². The molecule has 0 aliphatic heterocycles. The molecule has 2 rings (SSSR count). The van der Waals surface area contributed by atoms with Gasteiger partial charge in [-0.1, -0.05) is 23.8 Å². The molecule has 0 heterocycles. The summed E-state index contributed by atoms with van der Waals surface area (Å²) in [6.45, 7) is 0. The van der Waals surface area contributed by atoms with Gasteiger partial charge in [-0.25, -0.2) is 4.39 Å². The van der Waals surface area contributed by atoms with Gasteiger partial charge in [0, 0.05) is 0 Å². The summed E-state index contributed by atoms with van der Waals surface area (Å²) in [5.41, 5.74) is 1.39. The second-order valence-corrected chi connectivity index (χ2v) is 2.76. The van der Waals surface area contributed by atoms with Gasteiger partial charge in [-0.05, 0) is 6.07 Å².